The highest BCUT2D eigenvalue weighted by Gasteiger charge is 2.16. The van der Waals surface area contributed by atoms with Crippen LogP contribution in [0.3, 0.4) is 0 Å². The molecule has 3 rings (SSSR count). The topological polar surface area (TPSA) is 179 Å². The number of nitrogens with two attached hydrogens (primary N) is 3. The van der Waals surface area contributed by atoms with E-state index >= 15 is 0 Å². The van der Waals surface area contributed by atoms with Gasteiger partial charge in [0.15, 0.2) is 28.4 Å². The number of nitrogens with one attached hydrogen (secondary N) is 2. The van der Waals surface area contributed by atoms with Gasteiger partial charge in [-0.25, -0.2) is 9.97 Å². The third kappa shape index (κ3) is 7.77. The van der Waals surface area contributed by atoms with Gasteiger partial charge in [-0.1, -0.05) is 23.7 Å². The molecule has 1 aliphatic rings. The van der Waals surface area contributed by atoms with Crippen LogP contribution in [0.4, 0.5) is 11.6 Å². The Balaban J connectivity index is 1.32. The van der Waals surface area contributed by atoms with Crippen LogP contribution in [0.25, 0.3) is 0 Å². The van der Waals surface area contributed by atoms with Gasteiger partial charge < -0.3 is 27.3 Å². The summed E-state index contributed by atoms with van der Waals surface area (Å²) in [5, 5.41) is 5.57. The number of rotatable bonds is 11. The molecule has 0 spiro atoms. The molecule has 0 saturated heterocycles. The number of carbonyl (C=O) groups is 1. The molecule has 0 saturated carbocycles. The van der Waals surface area contributed by atoms with Crippen molar-refractivity contribution in [1.29, 1.82) is 0 Å². The fraction of sp³-hybridized carbons (Fsp3) is 0.409. The van der Waals surface area contributed by atoms with Crippen molar-refractivity contribution in [2.24, 2.45) is 15.7 Å². The van der Waals surface area contributed by atoms with E-state index in [4.69, 9.17) is 33.5 Å². The highest BCUT2D eigenvalue weighted by Crippen LogP contribution is 2.17. The number of amidine groups is 1. The lowest BCUT2D eigenvalue weighted by Gasteiger charge is -2.08. The number of nitrogens with zero attached hydrogens (tertiary/aromatic N) is 4. The maximum Gasteiger partial charge on any atom is 0.280 e. The van der Waals surface area contributed by atoms with E-state index in [2.05, 4.69) is 42.7 Å². The minimum Gasteiger partial charge on any atom is -0.494 e. The molecule has 34 heavy (non-hydrogen) atoms. The lowest BCUT2D eigenvalue weighted by atomic mass is 10.1. The van der Waals surface area contributed by atoms with Gasteiger partial charge in [0.05, 0.1) is 19.0 Å². The zero-order chi connectivity index (χ0) is 24.3. The molecule has 0 fully saturated rings. The Morgan fingerprint density at radius 1 is 1.12 bits per heavy atom. The van der Waals surface area contributed by atoms with Gasteiger partial charge in [-0.15, -0.1) is 0 Å². The molecule has 182 valence electrons. The van der Waals surface area contributed by atoms with Gasteiger partial charge in [0.1, 0.15) is 5.75 Å². The third-order valence-corrected chi connectivity index (χ3v) is 5.29. The lowest BCUT2D eigenvalue weighted by Crippen LogP contribution is -2.38. The highest BCUT2D eigenvalue weighted by molar-refractivity contribution is 6.31. The van der Waals surface area contributed by atoms with E-state index in [1.165, 1.54) is 5.56 Å². The number of hydrogen-bond acceptors (Lipinski definition) is 9. The number of anilines is 2. The Hall–Kier alpha value is -3.60. The molecule has 0 aliphatic carbocycles. The number of nitrogen functional groups attached to an aromatic ring is 2. The number of aromatic nitrogens is 2. The van der Waals surface area contributed by atoms with Crippen LogP contribution < -0.4 is 32.6 Å². The third-order valence-electron chi connectivity index (χ3n) is 5.01. The van der Waals surface area contributed by atoms with Crippen LogP contribution in [-0.4, -0.2) is 53.9 Å². The molecule has 2 heterocycles. The molecular weight excluding hydrogens is 458 g/mol. The molecule has 0 atom stereocenters. The second-order valence-electron chi connectivity index (χ2n) is 7.66. The Labute approximate surface area is 203 Å². The van der Waals surface area contributed by atoms with Gasteiger partial charge >= 0.3 is 0 Å². The highest BCUT2D eigenvalue weighted by atomic mass is 35.5. The normalized spacial score (nSPS) is 13.3. The van der Waals surface area contributed by atoms with Crippen LogP contribution >= 0.6 is 11.6 Å². The summed E-state index contributed by atoms with van der Waals surface area (Å²) in [5.74, 6) is 1.07. The second kappa shape index (κ2) is 12.6. The average molecular weight is 488 g/mol. The molecule has 1 aliphatic heterocycles. The molecule has 0 radical (unpaired) electrons. The van der Waals surface area contributed by atoms with Crippen molar-refractivity contribution in [1.82, 2.24) is 20.6 Å². The fourth-order valence-corrected chi connectivity index (χ4v) is 3.39. The number of hydrogen-bond donors (Lipinski definition) is 5. The summed E-state index contributed by atoms with van der Waals surface area (Å²) in [6.07, 6.45) is 4.50. The zero-order valence-electron chi connectivity index (χ0n) is 18.9. The Bertz CT molecular complexity index is 1040. The van der Waals surface area contributed by atoms with E-state index in [0.717, 1.165) is 56.8 Å². The van der Waals surface area contributed by atoms with E-state index in [9.17, 15) is 4.79 Å². The van der Waals surface area contributed by atoms with Crippen molar-refractivity contribution < 1.29 is 9.53 Å². The van der Waals surface area contributed by atoms with Crippen LogP contribution in [-0.2, 0) is 6.42 Å². The molecule has 12 heteroatoms. The number of guanidine groups is 1. The van der Waals surface area contributed by atoms with E-state index < -0.39 is 5.91 Å². The van der Waals surface area contributed by atoms with Crippen molar-refractivity contribution in [2.45, 2.75) is 32.1 Å². The predicted octanol–water partition coefficient (Wildman–Crippen LogP) is 1.52. The first-order chi connectivity index (χ1) is 16.4. The van der Waals surface area contributed by atoms with Gasteiger partial charge in [0, 0.05) is 19.5 Å². The fourth-order valence-electron chi connectivity index (χ4n) is 3.26. The number of halogens is 1. The van der Waals surface area contributed by atoms with Gasteiger partial charge in [-0.05, 0) is 43.4 Å². The number of aliphatic imine (C=N–C) groups is 2. The van der Waals surface area contributed by atoms with Gasteiger partial charge in [0.25, 0.3) is 5.91 Å². The maximum absolute atomic E-state index is 12.2. The van der Waals surface area contributed by atoms with Crippen molar-refractivity contribution in [3.8, 4) is 5.75 Å². The van der Waals surface area contributed by atoms with E-state index in [0.29, 0.717) is 13.2 Å². The molecule has 2 aromatic rings. The Kier molecular flexibility index (Phi) is 9.27. The molecule has 1 aromatic heterocycles. The first-order valence-electron chi connectivity index (χ1n) is 11.1. The standard InChI is InChI=1S/C22H30ClN9O2/c23-18-20(25)31-19(24)17(30-18)21(33)32-22(26)29-10-2-1-4-14-6-8-15(9-7-14)34-13-3-5-16-27-11-12-28-16/h6-9H,1-5,10-13H2,(H,27,28)(H4,24,25,31)(H3,26,29,32,33). The van der Waals surface area contributed by atoms with Crippen LogP contribution in [0.5, 0.6) is 5.75 Å². The summed E-state index contributed by atoms with van der Waals surface area (Å²) in [7, 11) is 0. The minimum atomic E-state index is -0.653. The number of benzene rings is 1. The monoisotopic (exact) mass is 487 g/mol. The molecule has 11 nitrogen and oxygen atoms in total. The Morgan fingerprint density at radius 2 is 1.91 bits per heavy atom. The molecule has 8 N–H and O–H groups in total. The van der Waals surface area contributed by atoms with Crippen molar-refractivity contribution in [3.63, 3.8) is 0 Å². The van der Waals surface area contributed by atoms with Gasteiger partial charge in [0.2, 0.25) is 0 Å². The van der Waals surface area contributed by atoms with Crippen LogP contribution in [0.1, 0.15) is 41.7 Å². The number of ether oxygens (including phenoxy) is 1. The summed E-state index contributed by atoms with van der Waals surface area (Å²) in [6.45, 7) is 2.95. The molecule has 1 amide bonds. The van der Waals surface area contributed by atoms with Crippen LogP contribution in [0.2, 0.25) is 5.15 Å². The predicted molar refractivity (Wildman–Crippen MR) is 134 cm³/mol. The molecular formula is C22H30ClN9O2. The summed E-state index contributed by atoms with van der Waals surface area (Å²) in [4.78, 5) is 28.3. The zero-order valence-corrected chi connectivity index (χ0v) is 19.6. The van der Waals surface area contributed by atoms with E-state index in [-0.39, 0.29) is 28.4 Å². The van der Waals surface area contributed by atoms with Gasteiger partial charge in [-0.3, -0.25) is 20.1 Å². The van der Waals surface area contributed by atoms with Crippen LogP contribution in [0, 0.1) is 0 Å². The molecule has 0 bridgehead atoms. The van der Waals surface area contributed by atoms with Crippen LogP contribution in [0.15, 0.2) is 34.3 Å². The van der Waals surface area contributed by atoms with E-state index in [1.54, 1.807) is 0 Å². The summed E-state index contributed by atoms with van der Waals surface area (Å²) in [5.41, 5.74) is 18.0. The van der Waals surface area contributed by atoms with Crippen molar-refractivity contribution >= 4 is 40.9 Å². The average Bonchev–Trinajstić information content (AvgIpc) is 3.33. The van der Waals surface area contributed by atoms with E-state index in [1.807, 2.05) is 12.1 Å². The lowest BCUT2D eigenvalue weighted by molar-refractivity contribution is 0.0972. The molecule has 0 unspecified atom stereocenters. The number of carbonyl (C=O) groups excluding carboxylic acids is 1. The van der Waals surface area contributed by atoms with Gasteiger partial charge in [-0.2, -0.15) is 0 Å². The first kappa shape index (κ1) is 25.0. The quantitative estimate of drug-likeness (QED) is 0.180. The maximum atomic E-state index is 12.2. The smallest absolute Gasteiger partial charge is 0.280 e. The molecule has 1 aromatic carbocycles. The summed E-state index contributed by atoms with van der Waals surface area (Å²) >= 11 is 5.79. The number of aryl methyl sites for hydroxylation is 1. The first-order valence-corrected chi connectivity index (χ1v) is 11.5. The summed E-state index contributed by atoms with van der Waals surface area (Å²) < 4.78 is 5.79. The minimum absolute atomic E-state index is 0.0311. The SMILES string of the molecule is NC(=NCCCCc1ccc(OCCCC2=NCCN2)cc1)NC(=O)c1nc(Cl)c(N)nc1N. The Morgan fingerprint density at radius 3 is 2.65 bits per heavy atom. The largest absolute Gasteiger partial charge is 0.494 e. The van der Waals surface area contributed by atoms with Crippen molar-refractivity contribution in [3.05, 3.63) is 40.7 Å². The number of amides is 1. The second-order valence-corrected chi connectivity index (χ2v) is 8.02. The number of unbranched alkanes of at least 4 members (excludes halogenated alkanes) is 1. The summed E-state index contributed by atoms with van der Waals surface area (Å²) in [6, 6.07) is 8.12. The van der Waals surface area contributed by atoms with Crippen molar-refractivity contribution in [2.75, 3.05) is 37.7 Å².